The number of carbonyl (C=O) groups excluding carboxylic acids is 1. The summed E-state index contributed by atoms with van der Waals surface area (Å²) in [6.45, 7) is 0.148. The van der Waals surface area contributed by atoms with Crippen LogP contribution in [0.15, 0.2) is 89.3 Å². The molecule has 0 aliphatic rings. The molecule has 0 unspecified atom stereocenters. The summed E-state index contributed by atoms with van der Waals surface area (Å²) in [4.78, 5) is 20.1. The Labute approximate surface area is 226 Å². The highest BCUT2D eigenvalue weighted by molar-refractivity contribution is 6.05. The van der Waals surface area contributed by atoms with Crippen LogP contribution in [0.2, 0.25) is 0 Å². The number of rotatable bonds is 9. The van der Waals surface area contributed by atoms with Gasteiger partial charge in [-0.1, -0.05) is 30.3 Å². The molecule has 0 N–H and O–H groups in total. The molecule has 39 heavy (non-hydrogen) atoms. The number of nitrogens with zero attached hydrogens (tertiary/aromatic N) is 2. The Morgan fingerprint density at radius 3 is 2.31 bits per heavy atom. The van der Waals surface area contributed by atoms with E-state index in [-0.39, 0.29) is 18.5 Å². The van der Waals surface area contributed by atoms with E-state index >= 15 is 0 Å². The first-order valence-electron chi connectivity index (χ1n) is 12.3. The van der Waals surface area contributed by atoms with Crippen LogP contribution in [0, 0.1) is 0 Å². The van der Waals surface area contributed by atoms with Gasteiger partial charge in [-0.3, -0.25) is 9.69 Å². The van der Waals surface area contributed by atoms with Crippen LogP contribution in [0.3, 0.4) is 0 Å². The number of oxazole rings is 1. The predicted molar refractivity (Wildman–Crippen MR) is 149 cm³/mol. The van der Waals surface area contributed by atoms with E-state index in [1.54, 1.807) is 58.8 Å². The summed E-state index contributed by atoms with van der Waals surface area (Å²) < 4.78 is 27.9. The normalized spacial score (nSPS) is 10.8. The fourth-order valence-electron chi connectivity index (χ4n) is 4.37. The van der Waals surface area contributed by atoms with Crippen LogP contribution in [0.4, 0.5) is 6.01 Å². The van der Waals surface area contributed by atoms with Crippen LogP contribution in [0.1, 0.15) is 15.9 Å². The zero-order valence-corrected chi connectivity index (χ0v) is 22.1. The lowest BCUT2D eigenvalue weighted by molar-refractivity contribution is 0.0979. The molecule has 0 aliphatic heterocycles. The number of amides is 1. The summed E-state index contributed by atoms with van der Waals surface area (Å²) in [6.07, 6.45) is 0. The Kier molecular flexibility index (Phi) is 7.36. The molecule has 1 amide bonds. The molecule has 5 rings (SSSR count). The average molecular weight is 525 g/mol. The molecule has 0 saturated carbocycles. The van der Waals surface area contributed by atoms with Crippen LogP contribution in [0.25, 0.3) is 22.2 Å². The minimum Gasteiger partial charge on any atom is -0.497 e. The molecule has 0 fully saturated rings. The molecule has 1 heterocycles. The molecule has 0 atom stereocenters. The fourth-order valence-corrected chi connectivity index (χ4v) is 4.37. The van der Waals surface area contributed by atoms with Crippen molar-refractivity contribution >= 4 is 23.0 Å². The smallest absolute Gasteiger partial charge is 0.305 e. The maximum absolute atomic E-state index is 13.9. The Morgan fingerprint density at radius 2 is 1.54 bits per heavy atom. The number of carbonyl (C=O) groups is 1. The van der Waals surface area contributed by atoms with Gasteiger partial charge in [0, 0.05) is 22.8 Å². The number of hydrogen-bond donors (Lipinski definition) is 0. The summed E-state index contributed by atoms with van der Waals surface area (Å²) in [5, 5.41) is 0. The first-order chi connectivity index (χ1) is 19.0. The zero-order valence-electron chi connectivity index (χ0n) is 22.1. The van der Waals surface area contributed by atoms with Gasteiger partial charge in [-0.15, -0.1) is 0 Å². The van der Waals surface area contributed by atoms with E-state index in [4.69, 9.17) is 28.3 Å². The number of aromatic nitrogens is 1. The SMILES string of the molecule is COc1cccc(C(=O)N(Cc2ccc(OC)cc2OC)c2nc3cc(-c4ccccc4OC)ccc3o2)c1. The third-order valence-electron chi connectivity index (χ3n) is 6.41. The van der Waals surface area contributed by atoms with Gasteiger partial charge in [0.2, 0.25) is 0 Å². The van der Waals surface area contributed by atoms with E-state index < -0.39 is 0 Å². The Balaban J connectivity index is 1.59. The lowest BCUT2D eigenvalue weighted by Crippen LogP contribution is -2.31. The second-order valence-corrected chi connectivity index (χ2v) is 8.68. The zero-order chi connectivity index (χ0) is 27.4. The minimum absolute atomic E-state index is 0.148. The van der Waals surface area contributed by atoms with Gasteiger partial charge in [0.05, 0.1) is 35.0 Å². The molecule has 0 aliphatic carbocycles. The van der Waals surface area contributed by atoms with Gasteiger partial charge in [0.25, 0.3) is 5.91 Å². The van der Waals surface area contributed by atoms with Crippen molar-refractivity contribution in [3.8, 4) is 34.1 Å². The maximum atomic E-state index is 13.9. The first-order valence-corrected chi connectivity index (χ1v) is 12.3. The summed E-state index contributed by atoms with van der Waals surface area (Å²) in [6, 6.07) is 26.0. The number of para-hydroxylation sites is 1. The van der Waals surface area contributed by atoms with Crippen molar-refractivity contribution < 1.29 is 28.2 Å². The summed E-state index contributed by atoms with van der Waals surface area (Å²) in [5.41, 5.74) is 4.19. The molecule has 8 heteroatoms. The van der Waals surface area contributed by atoms with E-state index in [1.165, 1.54) is 4.90 Å². The largest absolute Gasteiger partial charge is 0.497 e. The molecular formula is C31H28N2O6. The molecule has 0 saturated heterocycles. The van der Waals surface area contributed by atoms with E-state index in [9.17, 15) is 4.79 Å². The van der Waals surface area contributed by atoms with Gasteiger partial charge in [-0.25, -0.2) is 0 Å². The number of benzene rings is 4. The Hall–Kier alpha value is -4.98. The van der Waals surface area contributed by atoms with Crippen LogP contribution < -0.4 is 23.8 Å². The number of hydrogen-bond acceptors (Lipinski definition) is 7. The highest BCUT2D eigenvalue weighted by Gasteiger charge is 2.25. The fraction of sp³-hybridized carbons (Fsp3) is 0.161. The van der Waals surface area contributed by atoms with E-state index in [0.29, 0.717) is 33.9 Å². The minimum atomic E-state index is -0.303. The molecule has 1 aromatic heterocycles. The Bertz CT molecular complexity index is 1630. The van der Waals surface area contributed by atoms with Gasteiger partial charge >= 0.3 is 6.01 Å². The maximum Gasteiger partial charge on any atom is 0.305 e. The van der Waals surface area contributed by atoms with Gasteiger partial charge in [0.1, 0.15) is 28.5 Å². The number of anilines is 1. The van der Waals surface area contributed by atoms with Crippen molar-refractivity contribution in [3.63, 3.8) is 0 Å². The van der Waals surface area contributed by atoms with Crippen molar-refractivity contribution in [2.75, 3.05) is 33.3 Å². The van der Waals surface area contributed by atoms with E-state index in [1.807, 2.05) is 54.6 Å². The van der Waals surface area contributed by atoms with Crippen molar-refractivity contribution in [2.45, 2.75) is 6.54 Å². The van der Waals surface area contributed by atoms with Gasteiger partial charge in [-0.05, 0) is 54.1 Å². The molecule has 0 radical (unpaired) electrons. The van der Waals surface area contributed by atoms with Crippen LogP contribution in [0.5, 0.6) is 23.0 Å². The molecular weight excluding hydrogens is 496 g/mol. The molecule has 198 valence electrons. The highest BCUT2D eigenvalue weighted by Crippen LogP contribution is 2.34. The summed E-state index contributed by atoms with van der Waals surface area (Å²) in [7, 11) is 6.36. The monoisotopic (exact) mass is 524 g/mol. The van der Waals surface area contributed by atoms with E-state index in [0.717, 1.165) is 22.4 Å². The lowest BCUT2D eigenvalue weighted by atomic mass is 10.0. The van der Waals surface area contributed by atoms with Crippen molar-refractivity contribution in [1.29, 1.82) is 0 Å². The van der Waals surface area contributed by atoms with Crippen molar-refractivity contribution in [1.82, 2.24) is 4.98 Å². The summed E-state index contributed by atoms with van der Waals surface area (Å²) >= 11 is 0. The second-order valence-electron chi connectivity index (χ2n) is 8.68. The van der Waals surface area contributed by atoms with Gasteiger partial charge in [0.15, 0.2) is 5.58 Å². The standard InChI is InChI=1S/C31H28N2O6/c1-35-23-9-7-8-21(16-23)30(34)33(19-22-12-14-24(36-2)18-29(22)38-4)31-32-26-17-20(13-15-28(26)39-31)25-10-5-6-11-27(25)37-3/h5-18H,19H2,1-4H3. The first kappa shape index (κ1) is 25.7. The van der Waals surface area contributed by atoms with Gasteiger partial charge in [-0.2, -0.15) is 4.98 Å². The third kappa shape index (κ3) is 5.22. The van der Waals surface area contributed by atoms with Crippen molar-refractivity contribution in [2.24, 2.45) is 0 Å². The number of methoxy groups -OCH3 is 4. The quantitative estimate of drug-likeness (QED) is 0.221. The van der Waals surface area contributed by atoms with Crippen LogP contribution >= 0.6 is 0 Å². The van der Waals surface area contributed by atoms with Crippen molar-refractivity contribution in [3.05, 3.63) is 96.1 Å². The molecule has 8 nitrogen and oxygen atoms in total. The molecule has 0 spiro atoms. The molecule has 5 aromatic rings. The highest BCUT2D eigenvalue weighted by atomic mass is 16.5. The van der Waals surface area contributed by atoms with Crippen LogP contribution in [-0.2, 0) is 6.54 Å². The van der Waals surface area contributed by atoms with Gasteiger partial charge < -0.3 is 23.4 Å². The molecule has 0 bridgehead atoms. The third-order valence-corrected chi connectivity index (χ3v) is 6.41. The number of ether oxygens (including phenoxy) is 4. The number of fused-ring (bicyclic) bond motifs is 1. The Morgan fingerprint density at radius 1 is 0.769 bits per heavy atom. The second kappa shape index (κ2) is 11.2. The van der Waals surface area contributed by atoms with E-state index in [2.05, 4.69) is 0 Å². The average Bonchev–Trinajstić information content (AvgIpc) is 3.42. The predicted octanol–water partition coefficient (Wildman–Crippen LogP) is 6.38. The topological polar surface area (TPSA) is 83.3 Å². The summed E-state index contributed by atoms with van der Waals surface area (Å²) in [5.74, 6) is 2.24. The lowest BCUT2D eigenvalue weighted by Gasteiger charge is -2.21. The van der Waals surface area contributed by atoms with Crippen LogP contribution in [-0.4, -0.2) is 39.3 Å². The molecule has 4 aromatic carbocycles.